The van der Waals surface area contributed by atoms with Crippen molar-refractivity contribution in [2.24, 2.45) is 11.7 Å². The molecule has 2 amide bonds. The highest BCUT2D eigenvalue weighted by Gasteiger charge is 2.20. The van der Waals surface area contributed by atoms with Gasteiger partial charge in [0.25, 0.3) is 0 Å². The second kappa shape index (κ2) is 4.30. The summed E-state index contributed by atoms with van der Waals surface area (Å²) in [5.74, 6) is 0.630. The number of carbonyl (C=O) groups excluding carboxylic acids is 1. The van der Waals surface area contributed by atoms with Crippen LogP contribution in [-0.2, 0) is 0 Å². The molecule has 1 saturated carbocycles. The van der Waals surface area contributed by atoms with Gasteiger partial charge in [0.15, 0.2) is 0 Å². The Morgan fingerprint density at radius 1 is 1.42 bits per heavy atom. The normalized spacial score (nSPS) is 29.8. The third kappa shape index (κ3) is 2.70. The van der Waals surface area contributed by atoms with Crippen molar-refractivity contribution < 1.29 is 4.79 Å². The molecule has 0 bridgehead atoms. The van der Waals surface area contributed by atoms with Gasteiger partial charge in [-0.05, 0) is 18.8 Å². The van der Waals surface area contributed by atoms with Crippen LogP contribution in [0.1, 0.15) is 32.6 Å². The molecule has 0 heterocycles. The van der Waals surface area contributed by atoms with E-state index in [0.29, 0.717) is 12.0 Å². The average molecular weight is 171 g/mol. The molecule has 1 aliphatic carbocycles. The van der Waals surface area contributed by atoms with Crippen molar-refractivity contribution in [2.45, 2.75) is 38.6 Å². The van der Waals surface area contributed by atoms with Crippen LogP contribution in [-0.4, -0.2) is 12.1 Å². The van der Waals surface area contributed by atoms with Gasteiger partial charge in [-0.15, -0.1) is 0 Å². The van der Waals surface area contributed by atoms with E-state index < -0.39 is 6.03 Å². The highest BCUT2D eigenvalue weighted by molar-refractivity contribution is 5.70. The van der Waals surface area contributed by atoms with E-state index in [1.165, 1.54) is 19.3 Å². The first-order chi connectivity index (χ1) is 5.70. The molecular formula is C8H17N3O. The lowest BCUT2D eigenvalue weighted by atomic mass is 9.86. The number of hydrogen-bond donors (Lipinski definition) is 3. The Hall–Kier alpha value is -0.770. The highest BCUT2D eigenvalue weighted by Crippen LogP contribution is 2.22. The summed E-state index contributed by atoms with van der Waals surface area (Å²) >= 11 is 0. The molecule has 0 aromatic carbocycles. The molecule has 0 radical (unpaired) electrons. The second-order valence-corrected chi connectivity index (χ2v) is 3.50. The molecule has 0 unspecified atom stereocenters. The van der Waals surface area contributed by atoms with Crippen LogP contribution >= 0.6 is 0 Å². The molecule has 4 nitrogen and oxygen atoms in total. The molecule has 12 heavy (non-hydrogen) atoms. The fourth-order valence-electron chi connectivity index (χ4n) is 1.69. The number of rotatable bonds is 2. The van der Waals surface area contributed by atoms with E-state index in [1.807, 2.05) is 0 Å². The topological polar surface area (TPSA) is 67.2 Å². The van der Waals surface area contributed by atoms with Crippen LogP contribution in [0.4, 0.5) is 4.79 Å². The van der Waals surface area contributed by atoms with Crippen molar-refractivity contribution in [2.75, 3.05) is 0 Å². The second-order valence-electron chi connectivity index (χ2n) is 3.50. The van der Waals surface area contributed by atoms with Crippen LogP contribution in [0, 0.1) is 5.92 Å². The molecular weight excluding hydrogens is 154 g/mol. The number of amides is 2. The monoisotopic (exact) mass is 171 g/mol. The Balaban J connectivity index is 2.24. The summed E-state index contributed by atoms with van der Waals surface area (Å²) in [4.78, 5) is 10.4. The van der Waals surface area contributed by atoms with Gasteiger partial charge in [0.2, 0.25) is 0 Å². The molecule has 1 aliphatic rings. The molecule has 0 aromatic rings. The van der Waals surface area contributed by atoms with Crippen LogP contribution in [0.3, 0.4) is 0 Å². The summed E-state index contributed by atoms with van der Waals surface area (Å²) in [5, 5.41) is 0. The third-order valence-corrected chi connectivity index (χ3v) is 2.49. The van der Waals surface area contributed by atoms with Gasteiger partial charge in [-0.3, -0.25) is 5.43 Å². The van der Waals surface area contributed by atoms with Gasteiger partial charge in [-0.25, -0.2) is 10.2 Å². The first-order valence-corrected chi connectivity index (χ1v) is 4.51. The minimum Gasteiger partial charge on any atom is -0.351 e. The van der Waals surface area contributed by atoms with Crippen LogP contribution in [0.2, 0.25) is 0 Å². The van der Waals surface area contributed by atoms with Crippen LogP contribution in [0.25, 0.3) is 0 Å². The van der Waals surface area contributed by atoms with Gasteiger partial charge in [-0.1, -0.05) is 19.8 Å². The van der Waals surface area contributed by atoms with Gasteiger partial charge < -0.3 is 5.73 Å². The highest BCUT2D eigenvalue weighted by atomic mass is 16.2. The molecule has 70 valence electrons. The standard InChI is InChI=1S/C8H17N3O/c1-6-4-2-3-5-7(6)10-11-8(9)12/h6-7,10H,2-5H2,1H3,(H3,9,11,12)/t6-,7-/m1/s1. The summed E-state index contributed by atoms with van der Waals surface area (Å²) in [7, 11) is 0. The van der Waals surface area contributed by atoms with E-state index in [9.17, 15) is 4.79 Å². The minimum atomic E-state index is -0.507. The molecule has 0 saturated heterocycles. The third-order valence-electron chi connectivity index (χ3n) is 2.49. The molecule has 1 rings (SSSR count). The zero-order valence-electron chi connectivity index (χ0n) is 7.47. The van der Waals surface area contributed by atoms with Crippen molar-refractivity contribution in [3.63, 3.8) is 0 Å². The quantitative estimate of drug-likeness (QED) is 0.536. The lowest BCUT2D eigenvalue weighted by molar-refractivity contribution is 0.226. The van der Waals surface area contributed by atoms with Gasteiger partial charge in [-0.2, -0.15) is 0 Å². The Bertz CT molecular complexity index is 160. The van der Waals surface area contributed by atoms with Crippen molar-refractivity contribution in [3.05, 3.63) is 0 Å². The van der Waals surface area contributed by atoms with Crippen molar-refractivity contribution in [1.29, 1.82) is 0 Å². The number of primary amides is 1. The van der Waals surface area contributed by atoms with Gasteiger partial charge in [0, 0.05) is 6.04 Å². The van der Waals surface area contributed by atoms with E-state index in [1.54, 1.807) is 0 Å². The minimum absolute atomic E-state index is 0.395. The molecule has 2 atom stereocenters. The summed E-state index contributed by atoms with van der Waals surface area (Å²) in [5.41, 5.74) is 10.3. The maximum atomic E-state index is 10.4. The fraction of sp³-hybridized carbons (Fsp3) is 0.875. The number of nitrogens with two attached hydrogens (primary N) is 1. The van der Waals surface area contributed by atoms with Crippen LogP contribution < -0.4 is 16.6 Å². The van der Waals surface area contributed by atoms with Gasteiger partial charge in [0.1, 0.15) is 0 Å². The van der Waals surface area contributed by atoms with Crippen LogP contribution in [0.5, 0.6) is 0 Å². The first-order valence-electron chi connectivity index (χ1n) is 4.51. The Kier molecular flexibility index (Phi) is 3.34. The average Bonchev–Trinajstić information content (AvgIpc) is 2.03. The van der Waals surface area contributed by atoms with E-state index in [-0.39, 0.29) is 0 Å². The molecule has 0 aromatic heterocycles. The largest absolute Gasteiger partial charge is 0.351 e. The smallest absolute Gasteiger partial charge is 0.326 e. The number of nitrogens with one attached hydrogen (secondary N) is 2. The number of hydrogen-bond acceptors (Lipinski definition) is 2. The summed E-state index contributed by atoms with van der Waals surface area (Å²) in [6, 6.07) is -0.112. The molecule has 0 spiro atoms. The first kappa shape index (κ1) is 9.32. The summed E-state index contributed by atoms with van der Waals surface area (Å²) in [6.45, 7) is 2.19. The van der Waals surface area contributed by atoms with E-state index in [4.69, 9.17) is 5.73 Å². The molecule has 1 fully saturated rings. The lowest BCUT2D eigenvalue weighted by Crippen LogP contribution is -2.50. The molecule has 4 N–H and O–H groups in total. The summed E-state index contributed by atoms with van der Waals surface area (Å²) in [6.07, 6.45) is 4.90. The Morgan fingerprint density at radius 2 is 2.08 bits per heavy atom. The number of hydrazine groups is 1. The lowest BCUT2D eigenvalue weighted by Gasteiger charge is -2.29. The maximum Gasteiger partial charge on any atom is 0.326 e. The van der Waals surface area contributed by atoms with E-state index in [0.717, 1.165) is 6.42 Å². The number of carbonyl (C=O) groups is 1. The number of urea groups is 1. The summed E-state index contributed by atoms with van der Waals surface area (Å²) < 4.78 is 0. The predicted molar refractivity (Wildman–Crippen MR) is 47.3 cm³/mol. The molecule has 4 heteroatoms. The van der Waals surface area contributed by atoms with E-state index >= 15 is 0 Å². The SMILES string of the molecule is C[C@@H]1CCCC[C@H]1NNC(N)=O. The fourth-order valence-corrected chi connectivity index (χ4v) is 1.69. The zero-order valence-corrected chi connectivity index (χ0v) is 7.47. The van der Waals surface area contributed by atoms with Crippen LogP contribution in [0.15, 0.2) is 0 Å². The predicted octanol–water partition coefficient (Wildman–Crippen LogP) is 0.738. The van der Waals surface area contributed by atoms with Crippen molar-refractivity contribution >= 4 is 6.03 Å². The molecule has 0 aliphatic heterocycles. The van der Waals surface area contributed by atoms with Gasteiger partial charge >= 0.3 is 6.03 Å². The maximum absolute atomic E-state index is 10.4. The van der Waals surface area contributed by atoms with E-state index in [2.05, 4.69) is 17.8 Å². The zero-order chi connectivity index (χ0) is 8.97. The van der Waals surface area contributed by atoms with Crippen molar-refractivity contribution in [3.8, 4) is 0 Å². The Morgan fingerprint density at radius 3 is 2.67 bits per heavy atom. The van der Waals surface area contributed by atoms with Crippen molar-refractivity contribution in [1.82, 2.24) is 10.9 Å². The van der Waals surface area contributed by atoms with Gasteiger partial charge in [0.05, 0.1) is 0 Å². The Labute approximate surface area is 72.9 Å².